The van der Waals surface area contributed by atoms with Crippen molar-refractivity contribution in [2.45, 2.75) is 26.4 Å². The minimum absolute atomic E-state index is 0.0655. The normalized spacial score (nSPS) is 10.3. The fraction of sp³-hybridized carbons (Fsp3) is 0.500. The van der Waals surface area contributed by atoms with Gasteiger partial charge in [-0.1, -0.05) is 0 Å². The van der Waals surface area contributed by atoms with Crippen LogP contribution in [-0.4, -0.2) is 45.5 Å². The number of esters is 1. The Hall–Kier alpha value is -2.28. The maximum Gasteiger partial charge on any atom is 0.337 e. The molecule has 1 aromatic rings. The lowest BCUT2D eigenvalue weighted by atomic mass is 10.2. The fourth-order valence-corrected chi connectivity index (χ4v) is 1.81. The maximum absolute atomic E-state index is 11.9. The lowest BCUT2D eigenvalue weighted by molar-refractivity contribution is 0.0600. The summed E-state index contributed by atoms with van der Waals surface area (Å²) < 4.78 is 15.2. The summed E-state index contributed by atoms with van der Waals surface area (Å²) in [5.74, 6) is 0.00402. The SMILES string of the molecule is COCCCNC(=O)Nc1cc(C(=O)OC)ccc1OC(C)C. The van der Waals surface area contributed by atoms with Gasteiger partial charge in [0, 0.05) is 20.3 Å². The lowest BCUT2D eigenvalue weighted by Crippen LogP contribution is -2.30. The van der Waals surface area contributed by atoms with Gasteiger partial charge in [0.15, 0.2) is 0 Å². The first-order valence-electron chi connectivity index (χ1n) is 7.40. The molecule has 0 saturated carbocycles. The van der Waals surface area contributed by atoms with Gasteiger partial charge in [-0.2, -0.15) is 0 Å². The number of nitrogens with one attached hydrogen (secondary N) is 2. The van der Waals surface area contributed by atoms with Crippen LogP contribution in [0.25, 0.3) is 0 Å². The number of hydrogen-bond donors (Lipinski definition) is 2. The minimum Gasteiger partial charge on any atom is -0.489 e. The van der Waals surface area contributed by atoms with E-state index in [2.05, 4.69) is 15.4 Å². The van der Waals surface area contributed by atoms with Crippen LogP contribution in [0.2, 0.25) is 0 Å². The van der Waals surface area contributed by atoms with Crippen LogP contribution in [-0.2, 0) is 9.47 Å². The average molecular weight is 324 g/mol. The molecule has 1 rings (SSSR count). The molecule has 0 aliphatic heterocycles. The molecule has 7 heteroatoms. The van der Waals surface area contributed by atoms with Crippen molar-refractivity contribution in [3.8, 4) is 5.75 Å². The number of rotatable bonds is 8. The third kappa shape index (κ3) is 6.56. The number of benzene rings is 1. The van der Waals surface area contributed by atoms with Gasteiger partial charge < -0.3 is 24.8 Å². The second-order valence-corrected chi connectivity index (χ2v) is 5.10. The van der Waals surface area contributed by atoms with Crippen LogP contribution in [0, 0.1) is 0 Å². The summed E-state index contributed by atoms with van der Waals surface area (Å²) in [6.45, 7) is 4.81. The molecule has 0 atom stereocenters. The largest absolute Gasteiger partial charge is 0.489 e. The third-order valence-corrected chi connectivity index (χ3v) is 2.82. The van der Waals surface area contributed by atoms with Crippen molar-refractivity contribution < 1.29 is 23.8 Å². The standard InChI is InChI=1S/C16H24N2O5/c1-11(2)23-14-7-6-12(15(19)22-4)10-13(14)18-16(20)17-8-5-9-21-3/h6-7,10-11H,5,8-9H2,1-4H3,(H2,17,18,20). The van der Waals surface area contributed by atoms with Crippen molar-refractivity contribution in [3.05, 3.63) is 23.8 Å². The van der Waals surface area contributed by atoms with Crippen LogP contribution in [0.4, 0.5) is 10.5 Å². The number of amides is 2. The summed E-state index contributed by atoms with van der Waals surface area (Å²) in [4.78, 5) is 23.6. The zero-order valence-electron chi connectivity index (χ0n) is 14.0. The Labute approximate surface area is 136 Å². The van der Waals surface area contributed by atoms with Crippen molar-refractivity contribution in [3.63, 3.8) is 0 Å². The minimum atomic E-state index is -0.482. The first-order chi connectivity index (χ1) is 11.0. The van der Waals surface area contributed by atoms with Gasteiger partial charge in [-0.3, -0.25) is 0 Å². The molecule has 0 fully saturated rings. The molecule has 0 unspecified atom stereocenters. The van der Waals surface area contributed by atoms with Gasteiger partial charge in [-0.05, 0) is 38.5 Å². The van der Waals surface area contributed by atoms with Crippen LogP contribution in [0.5, 0.6) is 5.75 Å². The van der Waals surface area contributed by atoms with Crippen molar-refractivity contribution >= 4 is 17.7 Å². The van der Waals surface area contributed by atoms with Crippen molar-refractivity contribution in [1.29, 1.82) is 0 Å². The molecule has 1 aromatic carbocycles. The number of urea groups is 1. The number of hydrogen-bond acceptors (Lipinski definition) is 5. The molecule has 0 spiro atoms. The molecule has 2 amide bonds. The van der Waals surface area contributed by atoms with Gasteiger partial charge in [0.05, 0.1) is 24.5 Å². The Morgan fingerprint density at radius 3 is 2.57 bits per heavy atom. The molecule has 0 heterocycles. The Bertz CT molecular complexity index is 531. The first-order valence-corrected chi connectivity index (χ1v) is 7.40. The zero-order chi connectivity index (χ0) is 17.2. The van der Waals surface area contributed by atoms with Crippen molar-refractivity contribution in [2.75, 3.05) is 32.7 Å². The van der Waals surface area contributed by atoms with Crippen molar-refractivity contribution in [2.24, 2.45) is 0 Å². The number of methoxy groups -OCH3 is 2. The van der Waals surface area contributed by atoms with E-state index in [1.54, 1.807) is 19.2 Å². The lowest BCUT2D eigenvalue weighted by Gasteiger charge is -2.16. The zero-order valence-corrected chi connectivity index (χ0v) is 14.0. The molecule has 0 saturated heterocycles. The van der Waals surface area contributed by atoms with Gasteiger partial charge >= 0.3 is 12.0 Å². The predicted octanol–water partition coefficient (Wildman–Crippen LogP) is 2.42. The fourth-order valence-electron chi connectivity index (χ4n) is 1.81. The van der Waals surface area contributed by atoms with Gasteiger partial charge in [-0.25, -0.2) is 9.59 Å². The van der Waals surface area contributed by atoms with E-state index in [0.717, 1.165) is 0 Å². The van der Waals surface area contributed by atoms with Crippen LogP contribution in [0.1, 0.15) is 30.6 Å². The Morgan fingerprint density at radius 2 is 1.96 bits per heavy atom. The molecule has 0 radical (unpaired) electrons. The predicted molar refractivity (Wildman–Crippen MR) is 87.1 cm³/mol. The molecule has 0 bridgehead atoms. The highest BCUT2D eigenvalue weighted by Gasteiger charge is 2.13. The first kappa shape index (κ1) is 18.8. The van der Waals surface area contributed by atoms with Gasteiger partial charge in [0.2, 0.25) is 0 Å². The average Bonchev–Trinajstić information content (AvgIpc) is 2.52. The second-order valence-electron chi connectivity index (χ2n) is 5.10. The van der Waals surface area contributed by atoms with E-state index >= 15 is 0 Å². The number of anilines is 1. The molecule has 23 heavy (non-hydrogen) atoms. The van der Waals surface area contributed by atoms with Gasteiger partial charge in [-0.15, -0.1) is 0 Å². The second kappa shape index (κ2) is 9.68. The highest BCUT2D eigenvalue weighted by Crippen LogP contribution is 2.27. The molecule has 128 valence electrons. The summed E-state index contributed by atoms with van der Waals surface area (Å²) in [5, 5.41) is 5.40. The monoisotopic (exact) mass is 324 g/mol. The molecule has 0 aliphatic carbocycles. The summed E-state index contributed by atoms with van der Waals surface area (Å²) in [6.07, 6.45) is 0.644. The van der Waals surface area contributed by atoms with Crippen LogP contribution in [0.3, 0.4) is 0 Å². The van der Waals surface area contributed by atoms with Gasteiger partial charge in [0.25, 0.3) is 0 Å². The van der Waals surface area contributed by atoms with E-state index < -0.39 is 5.97 Å². The van der Waals surface area contributed by atoms with E-state index in [-0.39, 0.29) is 12.1 Å². The Morgan fingerprint density at radius 1 is 1.22 bits per heavy atom. The molecular formula is C16H24N2O5. The van der Waals surface area contributed by atoms with E-state index in [4.69, 9.17) is 9.47 Å². The van der Waals surface area contributed by atoms with E-state index in [1.807, 2.05) is 13.8 Å². The summed E-state index contributed by atoms with van der Waals surface area (Å²) >= 11 is 0. The number of ether oxygens (including phenoxy) is 3. The van der Waals surface area contributed by atoms with Crippen molar-refractivity contribution in [1.82, 2.24) is 5.32 Å². The summed E-state index contributed by atoms with van der Waals surface area (Å²) in [6, 6.07) is 4.37. The quantitative estimate of drug-likeness (QED) is 0.566. The summed E-state index contributed by atoms with van der Waals surface area (Å²) in [7, 11) is 2.91. The van der Waals surface area contributed by atoms with Crippen LogP contribution < -0.4 is 15.4 Å². The van der Waals surface area contributed by atoms with Crippen LogP contribution in [0.15, 0.2) is 18.2 Å². The highest BCUT2D eigenvalue weighted by atomic mass is 16.5. The van der Waals surface area contributed by atoms with E-state index in [1.165, 1.54) is 13.2 Å². The summed E-state index contributed by atoms with van der Waals surface area (Å²) in [5.41, 5.74) is 0.740. The third-order valence-electron chi connectivity index (χ3n) is 2.82. The van der Waals surface area contributed by atoms with Gasteiger partial charge in [0.1, 0.15) is 5.75 Å². The van der Waals surface area contributed by atoms with E-state index in [0.29, 0.717) is 36.6 Å². The molecule has 2 N–H and O–H groups in total. The Balaban J connectivity index is 2.82. The molecular weight excluding hydrogens is 300 g/mol. The number of carbonyl (C=O) groups excluding carboxylic acids is 2. The molecule has 7 nitrogen and oxygen atoms in total. The maximum atomic E-state index is 11.9. The van der Waals surface area contributed by atoms with Crippen LogP contribution >= 0.6 is 0 Å². The highest BCUT2D eigenvalue weighted by molar-refractivity contribution is 5.95. The Kier molecular flexibility index (Phi) is 7.90. The smallest absolute Gasteiger partial charge is 0.337 e. The molecule has 0 aromatic heterocycles. The molecule has 0 aliphatic rings. The number of carbonyl (C=O) groups is 2. The van der Waals surface area contributed by atoms with E-state index in [9.17, 15) is 9.59 Å². The topological polar surface area (TPSA) is 85.9 Å².